The van der Waals surface area contributed by atoms with Gasteiger partial charge in [-0.2, -0.15) is 0 Å². The lowest BCUT2D eigenvalue weighted by Crippen LogP contribution is -2.42. The van der Waals surface area contributed by atoms with Gasteiger partial charge >= 0.3 is 0 Å². The van der Waals surface area contributed by atoms with Crippen molar-refractivity contribution in [2.75, 3.05) is 11.6 Å². The summed E-state index contributed by atoms with van der Waals surface area (Å²) in [4.78, 5) is 16.1. The zero-order chi connectivity index (χ0) is 25.8. The Bertz CT molecular complexity index is 1250. The molecule has 2 aliphatic rings. The van der Waals surface area contributed by atoms with E-state index in [0.717, 1.165) is 16.9 Å². The van der Waals surface area contributed by atoms with Gasteiger partial charge in [-0.25, -0.2) is 5.84 Å². The molecule has 0 radical (unpaired) electrons. The molecule has 37 heavy (non-hydrogen) atoms. The van der Waals surface area contributed by atoms with Crippen LogP contribution in [0.1, 0.15) is 62.7 Å². The third kappa shape index (κ3) is 5.47. The molecule has 1 aliphatic heterocycles. The van der Waals surface area contributed by atoms with Gasteiger partial charge in [0, 0.05) is 36.0 Å². The normalized spacial score (nSPS) is 18.9. The second kappa shape index (κ2) is 11.5. The first-order chi connectivity index (χ1) is 18.0. The van der Waals surface area contributed by atoms with Gasteiger partial charge < -0.3 is 14.8 Å². The minimum atomic E-state index is -0.182. The summed E-state index contributed by atoms with van der Waals surface area (Å²) in [5.41, 5.74) is 3.36. The van der Waals surface area contributed by atoms with Crippen LogP contribution in [0.25, 0.3) is 5.82 Å². The predicted molar refractivity (Wildman–Crippen MR) is 151 cm³/mol. The number of aromatic nitrogens is 1. The number of nitrogens with two attached hydrogens (primary N) is 1. The molecule has 1 amide bonds. The van der Waals surface area contributed by atoms with Crippen molar-refractivity contribution in [2.24, 2.45) is 5.84 Å². The van der Waals surface area contributed by atoms with Crippen LogP contribution in [0.2, 0.25) is 5.02 Å². The molecule has 0 bridgehead atoms. The molecule has 2 heterocycles. The van der Waals surface area contributed by atoms with Crippen LogP contribution in [-0.4, -0.2) is 28.0 Å². The summed E-state index contributed by atoms with van der Waals surface area (Å²) in [6.07, 6.45) is 9.48. The van der Waals surface area contributed by atoms with Gasteiger partial charge in [0.2, 0.25) is 0 Å². The Balaban J connectivity index is 1.55. The largest absolute Gasteiger partial charge is 0.325 e. The number of hydrogen-bond acceptors (Lipinski definition) is 4. The standard InChI is InChI=1S/C30H36ClN5O/c1-22-29(36(32)25-15-7-4-8-16-25)34-19-11-18-27(34)28(20-33-24-13-5-2-3-6-14-24)35(30(22)37)21-23-12-9-10-17-26(23)31/h4,7-12,15-19,24,28,33H,2-3,5-6,13-14,20-21,32H2,1H3. The topological polar surface area (TPSA) is 66.5 Å². The van der Waals surface area contributed by atoms with Crippen molar-refractivity contribution in [3.63, 3.8) is 0 Å². The van der Waals surface area contributed by atoms with Gasteiger partial charge in [-0.15, -0.1) is 0 Å². The molecule has 0 spiro atoms. The second-order valence-corrected chi connectivity index (χ2v) is 10.5. The molecule has 3 aromatic rings. The summed E-state index contributed by atoms with van der Waals surface area (Å²) in [6.45, 7) is 2.95. The smallest absolute Gasteiger partial charge is 0.254 e. The Kier molecular flexibility index (Phi) is 7.99. The van der Waals surface area contributed by atoms with Crippen LogP contribution < -0.4 is 16.2 Å². The van der Waals surface area contributed by atoms with Crippen LogP contribution in [0.3, 0.4) is 0 Å². The molecular formula is C30H36ClN5O. The van der Waals surface area contributed by atoms with Crippen molar-refractivity contribution in [2.45, 2.75) is 64.1 Å². The summed E-state index contributed by atoms with van der Waals surface area (Å²) < 4.78 is 2.08. The quantitative estimate of drug-likeness (QED) is 0.225. The van der Waals surface area contributed by atoms with Crippen LogP contribution >= 0.6 is 11.6 Å². The zero-order valence-electron chi connectivity index (χ0n) is 21.4. The van der Waals surface area contributed by atoms with Crippen molar-refractivity contribution in [1.82, 2.24) is 14.8 Å². The third-order valence-corrected chi connectivity index (χ3v) is 8.03. The Morgan fingerprint density at radius 1 is 0.973 bits per heavy atom. The third-order valence-electron chi connectivity index (χ3n) is 7.66. The van der Waals surface area contributed by atoms with E-state index in [4.69, 9.17) is 17.4 Å². The molecule has 3 N–H and O–H groups in total. The summed E-state index contributed by atoms with van der Waals surface area (Å²) in [5, 5.41) is 6.11. The molecule has 2 aromatic carbocycles. The van der Waals surface area contributed by atoms with Gasteiger partial charge in [0.05, 0.1) is 17.3 Å². The number of fused-ring (bicyclic) bond motifs is 1. The van der Waals surface area contributed by atoms with E-state index in [1.807, 2.05) is 78.7 Å². The maximum atomic E-state index is 14.2. The van der Waals surface area contributed by atoms with E-state index in [1.165, 1.54) is 38.5 Å². The van der Waals surface area contributed by atoms with Crippen molar-refractivity contribution in [3.05, 3.63) is 94.8 Å². The highest BCUT2D eigenvalue weighted by Gasteiger charge is 2.35. The molecule has 5 rings (SSSR count). The Hall–Kier alpha value is -3.06. The molecule has 1 atom stereocenters. The molecule has 7 heteroatoms. The maximum absolute atomic E-state index is 14.2. The summed E-state index contributed by atoms with van der Waals surface area (Å²) in [5.74, 6) is 7.31. The number of benzene rings is 2. The molecule has 6 nitrogen and oxygen atoms in total. The number of hydrazine groups is 1. The molecule has 1 fully saturated rings. The maximum Gasteiger partial charge on any atom is 0.254 e. The second-order valence-electron chi connectivity index (χ2n) is 10.1. The fourth-order valence-electron chi connectivity index (χ4n) is 5.63. The van der Waals surface area contributed by atoms with Crippen molar-refractivity contribution in [3.8, 4) is 0 Å². The van der Waals surface area contributed by atoms with E-state index in [0.29, 0.717) is 35.5 Å². The highest BCUT2D eigenvalue weighted by molar-refractivity contribution is 6.31. The number of carbonyl (C=O) groups excluding carboxylic acids is 1. The number of hydrogen-bond donors (Lipinski definition) is 2. The molecule has 194 valence electrons. The van der Waals surface area contributed by atoms with Crippen molar-refractivity contribution < 1.29 is 4.79 Å². The average molecular weight is 518 g/mol. The fourth-order valence-corrected chi connectivity index (χ4v) is 5.82. The minimum absolute atomic E-state index is 0.0438. The van der Waals surface area contributed by atoms with Gasteiger partial charge in [0.25, 0.3) is 5.91 Å². The minimum Gasteiger partial charge on any atom is -0.325 e. The fraction of sp³-hybridized carbons (Fsp3) is 0.367. The predicted octanol–water partition coefficient (Wildman–Crippen LogP) is 6.11. The van der Waals surface area contributed by atoms with Crippen molar-refractivity contribution in [1.29, 1.82) is 0 Å². The monoisotopic (exact) mass is 517 g/mol. The summed E-state index contributed by atoms with van der Waals surface area (Å²) >= 11 is 6.57. The first-order valence-electron chi connectivity index (χ1n) is 13.3. The first kappa shape index (κ1) is 25.6. The number of nitrogens with zero attached hydrogens (tertiary/aromatic N) is 3. The van der Waals surface area contributed by atoms with E-state index in [-0.39, 0.29) is 11.9 Å². The van der Waals surface area contributed by atoms with Gasteiger partial charge in [-0.1, -0.05) is 73.7 Å². The van der Waals surface area contributed by atoms with Crippen LogP contribution in [0.15, 0.2) is 78.5 Å². The van der Waals surface area contributed by atoms with E-state index in [1.54, 1.807) is 5.01 Å². The molecule has 1 unspecified atom stereocenters. The number of rotatable bonds is 7. The highest BCUT2D eigenvalue weighted by Crippen LogP contribution is 2.35. The van der Waals surface area contributed by atoms with E-state index < -0.39 is 0 Å². The average Bonchev–Trinajstić information content (AvgIpc) is 3.20. The Labute approximate surface area is 224 Å². The molecule has 1 aliphatic carbocycles. The van der Waals surface area contributed by atoms with Crippen LogP contribution in [0.5, 0.6) is 0 Å². The number of anilines is 1. The lowest BCUT2D eigenvalue weighted by atomic mass is 10.1. The van der Waals surface area contributed by atoms with Gasteiger partial charge in [-0.3, -0.25) is 9.80 Å². The lowest BCUT2D eigenvalue weighted by Gasteiger charge is -2.32. The van der Waals surface area contributed by atoms with Crippen LogP contribution in [0.4, 0.5) is 5.69 Å². The van der Waals surface area contributed by atoms with Gasteiger partial charge in [0.15, 0.2) is 0 Å². The number of amides is 1. The van der Waals surface area contributed by atoms with E-state index in [2.05, 4.69) is 16.0 Å². The molecule has 1 aromatic heterocycles. The Morgan fingerprint density at radius 3 is 2.41 bits per heavy atom. The first-order valence-corrected chi connectivity index (χ1v) is 13.7. The van der Waals surface area contributed by atoms with Gasteiger partial charge in [0.1, 0.15) is 5.82 Å². The number of para-hydroxylation sites is 1. The van der Waals surface area contributed by atoms with Crippen LogP contribution in [0, 0.1) is 0 Å². The molecule has 0 saturated heterocycles. The SMILES string of the molecule is CC1=C(N(N)c2ccccc2)n2cccc2C(CNC2CCCCCC2)N(Cc2ccccc2Cl)C1=O. The van der Waals surface area contributed by atoms with E-state index >= 15 is 0 Å². The summed E-state index contributed by atoms with van der Waals surface area (Å²) in [7, 11) is 0. The molecule has 1 saturated carbocycles. The lowest BCUT2D eigenvalue weighted by molar-refractivity contribution is -0.130. The number of halogens is 1. The molecular weight excluding hydrogens is 482 g/mol. The number of carbonyl (C=O) groups is 1. The zero-order valence-corrected chi connectivity index (χ0v) is 22.2. The van der Waals surface area contributed by atoms with Crippen LogP contribution in [-0.2, 0) is 11.3 Å². The summed E-state index contributed by atoms with van der Waals surface area (Å²) in [6, 6.07) is 21.9. The van der Waals surface area contributed by atoms with Crippen molar-refractivity contribution >= 4 is 29.0 Å². The Morgan fingerprint density at radius 2 is 1.68 bits per heavy atom. The highest BCUT2D eigenvalue weighted by atomic mass is 35.5. The van der Waals surface area contributed by atoms with Gasteiger partial charge in [-0.05, 0) is 55.7 Å². The number of nitrogens with one attached hydrogen (secondary N) is 1. The van der Waals surface area contributed by atoms with E-state index in [9.17, 15) is 4.79 Å².